The van der Waals surface area contributed by atoms with Gasteiger partial charge < -0.3 is 15.0 Å². The highest BCUT2D eigenvalue weighted by Gasteiger charge is 2.26. The summed E-state index contributed by atoms with van der Waals surface area (Å²) in [6, 6.07) is 8.18. The van der Waals surface area contributed by atoms with Gasteiger partial charge in [-0.3, -0.25) is 9.89 Å². The molecule has 2 heterocycles. The van der Waals surface area contributed by atoms with Crippen LogP contribution in [-0.4, -0.2) is 68.7 Å². The SMILES string of the molecule is CCOCC1CCN(C(=NC)NCC2CCN(Cc3ccccc3Cl)CC2)C1. The molecule has 1 aromatic rings. The molecular formula is C22H35ClN4O. The summed E-state index contributed by atoms with van der Waals surface area (Å²) in [5.41, 5.74) is 1.23. The highest BCUT2D eigenvalue weighted by Crippen LogP contribution is 2.22. The van der Waals surface area contributed by atoms with Crippen molar-refractivity contribution < 1.29 is 4.74 Å². The van der Waals surface area contributed by atoms with Crippen LogP contribution in [0.25, 0.3) is 0 Å². The van der Waals surface area contributed by atoms with Crippen LogP contribution in [0.1, 0.15) is 31.7 Å². The maximum atomic E-state index is 6.31. The third kappa shape index (κ3) is 6.10. The van der Waals surface area contributed by atoms with Gasteiger partial charge in [-0.2, -0.15) is 0 Å². The van der Waals surface area contributed by atoms with E-state index in [1.54, 1.807) is 0 Å². The van der Waals surface area contributed by atoms with E-state index in [0.717, 1.165) is 63.5 Å². The summed E-state index contributed by atoms with van der Waals surface area (Å²) in [6.07, 6.45) is 3.64. The topological polar surface area (TPSA) is 40.1 Å². The van der Waals surface area contributed by atoms with E-state index in [1.165, 1.54) is 24.8 Å². The van der Waals surface area contributed by atoms with Crippen LogP contribution >= 0.6 is 11.6 Å². The molecule has 2 aliphatic rings. The Hall–Kier alpha value is -1.30. The third-order valence-corrected chi connectivity index (χ3v) is 6.33. The number of aliphatic imine (C=N–C) groups is 1. The van der Waals surface area contributed by atoms with Crippen molar-refractivity contribution in [1.29, 1.82) is 0 Å². The van der Waals surface area contributed by atoms with Gasteiger partial charge in [0.1, 0.15) is 0 Å². The standard InChI is InChI=1S/C22H35ClN4O/c1-3-28-17-19-10-13-27(15-19)22(24-2)25-14-18-8-11-26(12-9-18)16-20-6-4-5-7-21(20)23/h4-7,18-19H,3,8-17H2,1-2H3,(H,24,25). The number of nitrogens with one attached hydrogen (secondary N) is 1. The van der Waals surface area contributed by atoms with Crippen LogP contribution in [0.5, 0.6) is 0 Å². The lowest BCUT2D eigenvalue weighted by molar-refractivity contribution is 0.114. The van der Waals surface area contributed by atoms with Crippen LogP contribution in [0.2, 0.25) is 5.02 Å². The first-order valence-corrected chi connectivity index (χ1v) is 11.1. The quantitative estimate of drug-likeness (QED) is 0.555. The maximum Gasteiger partial charge on any atom is 0.193 e. The van der Waals surface area contributed by atoms with Gasteiger partial charge in [-0.1, -0.05) is 29.8 Å². The van der Waals surface area contributed by atoms with E-state index in [0.29, 0.717) is 11.8 Å². The molecule has 3 rings (SSSR count). The summed E-state index contributed by atoms with van der Waals surface area (Å²) < 4.78 is 5.59. The molecule has 2 saturated heterocycles. The Morgan fingerprint density at radius 2 is 1.93 bits per heavy atom. The van der Waals surface area contributed by atoms with Crippen molar-refractivity contribution in [2.45, 2.75) is 32.7 Å². The zero-order chi connectivity index (χ0) is 19.8. The minimum atomic E-state index is 0.631. The first-order chi connectivity index (χ1) is 13.7. The second kappa shape index (κ2) is 11.0. The Morgan fingerprint density at radius 1 is 1.18 bits per heavy atom. The molecule has 5 nitrogen and oxygen atoms in total. The minimum absolute atomic E-state index is 0.631. The summed E-state index contributed by atoms with van der Waals surface area (Å²) in [6.45, 7) is 10.1. The summed E-state index contributed by atoms with van der Waals surface area (Å²) in [5.74, 6) is 2.39. The molecule has 2 aliphatic heterocycles. The number of nitrogens with zero attached hydrogens (tertiary/aromatic N) is 3. The second-order valence-corrected chi connectivity index (χ2v) is 8.41. The predicted octanol–water partition coefficient (Wildman–Crippen LogP) is 3.49. The summed E-state index contributed by atoms with van der Waals surface area (Å²) in [7, 11) is 1.89. The van der Waals surface area contributed by atoms with Crippen molar-refractivity contribution in [3.63, 3.8) is 0 Å². The van der Waals surface area contributed by atoms with Gasteiger partial charge in [0, 0.05) is 50.8 Å². The Balaban J connectivity index is 1.38. The Bertz CT molecular complexity index is 631. The van der Waals surface area contributed by atoms with E-state index >= 15 is 0 Å². The highest BCUT2D eigenvalue weighted by atomic mass is 35.5. The molecule has 1 atom stereocenters. The van der Waals surface area contributed by atoms with Crippen LogP contribution in [0.4, 0.5) is 0 Å². The molecule has 0 aromatic heterocycles. The molecule has 0 aliphatic carbocycles. The number of guanidine groups is 1. The van der Waals surface area contributed by atoms with Crippen LogP contribution < -0.4 is 5.32 Å². The Kier molecular flexibility index (Phi) is 8.44. The number of piperidine rings is 1. The number of halogens is 1. The van der Waals surface area contributed by atoms with Crippen molar-refractivity contribution in [2.75, 3.05) is 53.0 Å². The lowest BCUT2D eigenvalue weighted by Gasteiger charge is -2.33. The van der Waals surface area contributed by atoms with E-state index in [9.17, 15) is 0 Å². The smallest absolute Gasteiger partial charge is 0.193 e. The molecule has 2 fully saturated rings. The summed E-state index contributed by atoms with van der Waals surface area (Å²) in [5, 5.41) is 4.50. The van der Waals surface area contributed by atoms with Crippen molar-refractivity contribution in [3.05, 3.63) is 34.9 Å². The van der Waals surface area contributed by atoms with E-state index in [4.69, 9.17) is 16.3 Å². The molecule has 1 aromatic carbocycles. The van der Waals surface area contributed by atoms with E-state index in [-0.39, 0.29) is 0 Å². The van der Waals surface area contributed by atoms with E-state index in [2.05, 4.69) is 39.2 Å². The normalized spacial score (nSPS) is 22.0. The summed E-state index contributed by atoms with van der Waals surface area (Å²) in [4.78, 5) is 9.42. The molecule has 0 spiro atoms. The fourth-order valence-corrected chi connectivity index (χ4v) is 4.43. The molecule has 0 radical (unpaired) electrons. The zero-order valence-electron chi connectivity index (χ0n) is 17.4. The van der Waals surface area contributed by atoms with Gasteiger partial charge in [0.15, 0.2) is 5.96 Å². The van der Waals surface area contributed by atoms with E-state index < -0.39 is 0 Å². The van der Waals surface area contributed by atoms with Crippen LogP contribution in [0.15, 0.2) is 29.3 Å². The molecule has 28 heavy (non-hydrogen) atoms. The van der Waals surface area contributed by atoms with Gasteiger partial charge in [0.25, 0.3) is 0 Å². The van der Waals surface area contributed by atoms with Crippen molar-refractivity contribution in [2.24, 2.45) is 16.8 Å². The number of ether oxygens (including phenoxy) is 1. The Morgan fingerprint density at radius 3 is 2.64 bits per heavy atom. The minimum Gasteiger partial charge on any atom is -0.381 e. The van der Waals surface area contributed by atoms with E-state index in [1.807, 2.05) is 19.2 Å². The molecule has 0 amide bonds. The van der Waals surface area contributed by atoms with Crippen LogP contribution in [0, 0.1) is 11.8 Å². The van der Waals surface area contributed by atoms with Gasteiger partial charge in [0.2, 0.25) is 0 Å². The van der Waals surface area contributed by atoms with Crippen LogP contribution in [-0.2, 0) is 11.3 Å². The number of hydrogen-bond donors (Lipinski definition) is 1. The molecule has 6 heteroatoms. The van der Waals surface area contributed by atoms with Crippen molar-refractivity contribution in [3.8, 4) is 0 Å². The average Bonchev–Trinajstić information content (AvgIpc) is 3.18. The molecule has 156 valence electrons. The number of hydrogen-bond acceptors (Lipinski definition) is 3. The number of likely N-dealkylation sites (tertiary alicyclic amines) is 2. The fourth-order valence-electron chi connectivity index (χ4n) is 4.23. The zero-order valence-corrected chi connectivity index (χ0v) is 18.1. The molecule has 0 saturated carbocycles. The predicted molar refractivity (Wildman–Crippen MR) is 117 cm³/mol. The number of benzene rings is 1. The molecule has 1 unspecified atom stereocenters. The highest BCUT2D eigenvalue weighted by molar-refractivity contribution is 6.31. The van der Waals surface area contributed by atoms with Crippen molar-refractivity contribution >= 4 is 17.6 Å². The van der Waals surface area contributed by atoms with Crippen molar-refractivity contribution in [1.82, 2.24) is 15.1 Å². The molecular weight excluding hydrogens is 372 g/mol. The Labute approximate surface area is 175 Å². The summed E-state index contributed by atoms with van der Waals surface area (Å²) >= 11 is 6.31. The fraction of sp³-hybridized carbons (Fsp3) is 0.682. The monoisotopic (exact) mass is 406 g/mol. The van der Waals surface area contributed by atoms with Gasteiger partial charge in [-0.25, -0.2) is 0 Å². The average molecular weight is 407 g/mol. The third-order valence-electron chi connectivity index (χ3n) is 5.96. The lowest BCUT2D eigenvalue weighted by Crippen LogP contribution is -2.44. The van der Waals surface area contributed by atoms with Gasteiger partial charge in [0.05, 0.1) is 6.61 Å². The van der Waals surface area contributed by atoms with Crippen LogP contribution in [0.3, 0.4) is 0 Å². The van der Waals surface area contributed by atoms with Gasteiger partial charge in [-0.15, -0.1) is 0 Å². The molecule has 0 bridgehead atoms. The number of rotatable bonds is 7. The first kappa shape index (κ1) is 21.4. The van der Waals surface area contributed by atoms with Gasteiger partial charge >= 0.3 is 0 Å². The van der Waals surface area contributed by atoms with Gasteiger partial charge in [-0.05, 0) is 56.8 Å². The molecule has 1 N–H and O–H groups in total. The largest absolute Gasteiger partial charge is 0.381 e. The first-order valence-electron chi connectivity index (χ1n) is 10.7. The lowest BCUT2D eigenvalue weighted by atomic mass is 9.96. The second-order valence-electron chi connectivity index (χ2n) is 8.00. The maximum absolute atomic E-state index is 6.31.